The van der Waals surface area contributed by atoms with E-state index in [1.165, 1.54) is 12.0 Å². The summed E-state index contributed by atoms with van der Waals surface area (Å²) in [6.07, 6.45) is 5.96. The van der Waals surface area contributed by atoms with Gasteiger partial charge in [-0.25, -0.2) is 14.6 Å². The maximum atomic E-state index is 9.80. The summed E-state index contributed by atoms with van der Waals surface area (Å²) in [5.41, 5.74) is 6.50. The van der Waals surface area contributed by atoms with Crippen molar-refractivity contribution in [1.29, 1.82) is 0 Å². The number of nitrogens with zero attached hydrogens (tertiary/aromatic N) is 5. The van der Waals surface area contributed by atoms with E-state index >= 15 is 0 Å². The minimum Gasteiger partial charge on any atom is -0.396 e. The fourth-order valence-corrected chi connectivity index (χ4v) is 5.43. The third-order valence-corrected chi connectivity index (χ3v) is 7.25. The van der Waals surface area contributed by atoms with E-state index in [2.05, 4.69) is 70.4 Å². The molecule has 6 nitrogen and oxygen atoms in total. The lowest BCUT2D eigenvalue weighted by Gasteiger charge is -2.24. The van der Waals surface area contributed by atoms with E-state index in [4.69, 9.17) is 4.98 Å². The molecule has 6 heteroatoms. The average molecular weight is 470 g/mol. The van der Waals surface area contributed by atoms with Crippen molar-refractivity contribution < 1.29 is 5.11 Å². The quantitative estimate of drug-likeness (QED) is 0.379. The van der Waals surface area contributed by atoms with Crippen LogP contribution >= 0.6 is 0 Å². The zero-order chi connectivity index (χ0) is 24.2. The second kappa shape index (κ2) is 10.7. The molecule has 1 aliphatic heterocycles. The van der Waals surface area contributed by atoms with Crippen molar-refractivity contribution in [3.05, 3.63) is 83.4 Å². The topological polar surface area (TPSA) is 67.1 Å². The lowest BCUT2D eigenvalue weighted by molar-refractivity contribution is 0.242. The second-order valence-corrected chi connectivity index (χ2v) is 9.95. The van der Waals surface area contributed by atoms with E-state index in [-0.39, 0.29) is 6.61 Å². The smallest absolute Gasteiger partial charge is 0.159 e. The number of rotatable bonds is 9. The Balaban J connectivity index is 1.21. The molecular weight excluding hydrogens is 434 g/mol. The van der Waals surface area contributed by atoms with E-state index in [1.54, 1.807) is 0 Å². The molecule has 1 fully saturated rings. The number of likely N-dealkylation sites (tertiary alicyclic amines) is 1. The van der Waals surface area contributed by atoms with Crippen molar-refractivity contribution in [2.75, 3.05) is 26.2 Å². The summed E-state index contributed by atoms with van der Waals surface area (Å²) >= 11 is 0. The number of pyridine rings is 2. The van der Waals surface area contributed by atoms with Crippen LogP contribution in [0.2, 0.25) is 0 Å². The van der Waals surface area contributed by atoms with E-state index in [0.717, 1.165) is 72.7 Å². The normalized spacial score (nSPS) is 17.3. The van der Waals surface area contributed by atoms with Gasteiger partial charge >= 0.3 is 0 Å². The molecule has 0 aliphatic carbocycles. The predicted molar refractivity (Wildman–Crippen MR) is 140 cm³/mol. The maximum Gasteiger partial charge on any atom is 0.159 e. The molecule has 182 valence electrons. The van der Waals surface area contributed by atoms with Crippen LogP contribution < -0.4 is 0 Å². The number of aliphatic hydroxyl groups excluding tert-OH is 1. The predicted octanol–water partition coefficient (Wildman–Crippen LogP) is 4.85. The number of fused-ring (bicyclic) bond motifs is 1. The monoisotopic (exact) mass is 469 g/mol. The van der Waals surface area contributed by atoms with Crippen LogP contribution in [0.4, 0.5) is 0 Å². The van der Waals surface area contributed by atoms with Crippen LogP contribution in [0.5, 0.6) is 0 Å². The molecule has 0 spiro atoms. The molecule has 5 rings (SSSR count). The van der Waals surface area contributed by atoms with Gasteiger partial charge in [0.15, 0.2) is 5.65 Å². The highest BCUT2D eigenvalue weighted by atomic mass is 16.3. The van der Waals surface area contributed by atoms with Crippen LogP contribution in [0.15, 0.2) is 60.8 Å². The summed E-state index contributed by atoms with van der Waals surface area (Å²) in [4.78, 5) is 11.7. The Morgan fingerprint density at radius 2 is 2.00 bits per heavy atom. The molecule has 1 aromatic carbocycles. The SMILES string of the molecule is Cc1cc(C)n(-c2cccc(C(CCO)CN3CCC(CCc4ccc5cccnc5n4)C3)c2)n1. The van der Waals surface area contributed by atoms with Gasteiger partial charge in [0.05, 0.1) is 11.4 Å². The molecule has 4 aromatic rings. The van der Waals surface area contributed by atoms with Gasteiger partial charge in [-0.3, -0.25) is 0 Å². The van der Waals surface area contributed by atoms with Crippen molar-refractivity contribution in [3.8, 4) is 5.69 Å². The molecule has 0 bridgehead atoms. The largest absolute Gasteiger partial charge is 0.396 e. The van der Waals surface area contributed by atoms with Gasteiger partial charge in [0.25, 0.3) is 0 Å². The van der Waals surface area contributed by atoms with Crippen LogP contribution in [-0.4, -0.2) is 56.0 Å². The minimum absolute atomic E-state index is 0.202. The van der Waals surface area contributed by atoms with E-state index < -0.39 is 0 Å². The first-order valence-electron chi connectivity index (χ1n) is 12.8. The van der Waals surface area contributed by atoms with Crippen molar-refractivity contribution in [2.24, 2.45) is 5.92 Å². The Morgan fingerprint density at radius 3 is 2.83 bits per heavy atom. The summed E-state index contributed by atoms with van der Waals surface area (Å²) in [7, 11) is 0. The molecule has 35 heavy (non-hydrogen) atoms. The average Bonchev–Trinajstić information content (AvgIpc) is 3.47. The van der Waals surface area contributed by atoms with Crippen LogP contribution in [0.1, 0.15) is 47.8 Å². The van der Waals surface area contributed by atoms with Gasteiger partial charge in [-0.1, -0.05) is 12.1 Å². The number of hydrogen-bond acceptors (Lipinski definition) is 5. The fraction of sp³-hybridized carbons (Fsp3) is 0.414. The standard InChI is InChI=1S/C29H35N5O/c1-21-17-22(2)34(32-21)28-7-3-5-25(18-28)26(13-16-35)20-33-15-12-23(19-33)8-10-27-11-9-24-6-4-14-30-29(24)31-27/h3-7,9,11,14,17-18,23,26,35H,8,10,12-13,15-16,19-20H2,1-2H3. The summed E-state index contributed by atoms with van der Waals surface area (Å²) < 4.78 is 2.01. The third kappa shape index (κ3) is 5.60. The zero-order valence-corrected chi connectivity index (χ0v) is 20.8. The highest BCUT2D eigenvalue weighted by Crippen LogP contribution is 2.28. The lowest BCUT2D eigenvalue weighted by Crippen LogP contribution is -2.27. The molecule has 1 N–H and O–H groups in total. The molecule has 2 unspecified atom stereocenters. The number of benzene rings is 1. The number of aliphatic hydroxyl groups is 1. The Kier molecular flexibility index (Phi) is 7.21. The first-order valence-corrected chi connectivity index (χ1v) is 12.8. The van der Waals surface area contributed by atoms with Gasteiger partial charge < -0.3 is 10.0 Å². The Labute approximate surface area is 207 Å². The number of aromatic nitrogens is 4. The first-order chi connectivity index (χ1) is 17.1. The van der Waals surface area contributed by atoms with Crippen molar-refractivity contribution in [2.45, 2.75) is 45.4 Å². The number of hydrogen-bond donors (Lipinski definition) is 1. The highest BCUT2D eigenvalue weighted by molar-refractivity contribution is 5.74. The van der Waals surface area contributed by atoms with Gasteiger partial charge in [-0.05, 0) is 106 Å². The van der Waals surface area contributed by atoms with Gasteiger partial charge in [0.1, 0.15) is 0 Å². The Morgan fingerprint density at radius 1 is 1.09 bits per heavy atom. The third-order valence-electron chi connectivity index (χ3n) is 7.25. The lowest BCUT2D eigenvalue weighted by atomic mass is 9.95. The van der Waals surface area contributed by atoms with Crippen molar-refractivity contribution >= 4 is 11.0 Å². The van der Waals surface area contributed by atoms with Crippen LogP contribution in [-0.2, 0) is 6.42 Å². The van der Waals surface area contributed by atoms with Gasteiger partial charge in [0.2, 0.25) is 0 Å². The highest BCUT2D eigenvalue weighted by Gasteiger charge is 2.25. The van der Waals surface area contributed by atoms with Crippen LogP contribution in [0.3, 0.4) is 0 Å². The first kappa shape index (κ1) is 23.6. The molecule has 0 radical (unpaired) electrons. The maximum absolute atomic E-state index is 9.80. The van der Waals surface area contributed by atoms with Gasteiger partial charge in [0, 0.05) is 42.7 Å². The molecule has 2 atom stereocenters. The van der Waals surface area contributed by atoms with Crippen molar-refractivity contribution in [3.63, 3.8) is 0 Å². The molecule has 3 aromatic heterocycles. The number of aryl methyl sites for hydroxylation is 3. The van der Waals surface area contributed by atoms with Gasteiger partial charge in [-0.2, -0.15) is 5.10 Å². The minimum atomic E-state index is 0.202. The van der Waals surface area contributed by atoms with Gasteiger partial charge in [-0.15, -0.1) is 0 Å². The zero-order valence-electron chi connectivity index (χ0n) is 20.8. The van der Waals surface area contributed by atoms with E-state index in [9.17, 15) is 5.11 Å². The molecule has 1 saturated heterocycles. The Bertz CT molecular complexity index is 1280. The molecular formula is C29H35N5O. The van der Waals surface area contributed by atoms with E-state index in [1.807, 2.05) is 23.9 Å². The molecule has 1 aliphatic rings. The second-order valence-electron chi connectivity index (χ2n) is 9.95. The van der Waals surface area contributed by atoms with E-state index in [0.29, 0.717) is 11.8 Å². The van der Waals surface area contributed by atoms with Crippen LogP contribution in [0.25, 0.3) is 16.7 Å². The molecule has 0 saturated carbocycles. The summed E-state index contributed by atoms with van der Waals surface area (Å²) in [6.45, 7) is 7.54. The molecule has 0 amide bonds. The van der Waals surface area contributed by atoms with Crippen LogP contribution in [0, 0.1) is 19.8 Å². The molecule has 4 heterocycles. The summed E-state index contributed by atoms with van der Waals surface area (Å²) in [5, 5.41) is 15.5. The van der Waals surface area contributed by atoms with Crippen molar-refractivity contribution in [1.82, 2.24) is 24.6 Å². The summed E-state index contributed by atoms with van der Waals surface area (Å²) in [6, 6.07) is 19.1. The fourth-order valence-electron chi connectivity index (χ4n) is 5.43. The Hall–Kier alpha value is -3.09. The summed E-state index contributed by atoms with van der Waals surface area (Å²) in [5.74, 6) is 0.996.